The molecule has 1 saturated heterocycles. The fraction of sp³-hybridized carbons (Fsp3) is 0.727. The van der Waals surface area contributed by atoms with Crippen LogP contribution >= 0.6 is 0 Å². The van der Waals surface area contributed by atoms with Crippen LogP contribution in [0.25, 0.3) is 0 Å². The van der Waals surface area contributed by atoms with Gasteiger partial charge in [0.15, 0.2) is 0 Å². The number of carbonyl (C=O) groups excluding carboxylic acids is 1. The molecule has 0 aromatic heterocycles. The van der Waals surface area contributed by atoms with E-state index in [1.54, 1.807) is 0 Å². The molecule has 1 fully saturated rings. The SMILES string of the molecule is C#CCNC(=O)CN1CCC(CCO)C1. The highest BCUT2D eigenvalue weighted by Crippen LogP contribution is 2.18. The van der Waals surface area contributed by atoms with Crippen molar-refractivity contribution in [1.82, 2.24) is 10.2 Å². The molecule has 0 aliphatic carbocycles. The Balaban J connectivity index is 2.18. The lowest BCUT2D eigenvalue weighted by Gasteiger charge is -2.14. The van der Waals surface area contributed by atoms with E-state index < -0.39 is 0 Å². The zero-order valence-electron chi connectivity index (χ0n) is 8.91. The van der Waals surface area contributed by atoms with Gasteiger partial charge in [-0.25, -0.2) is 0 Å². The van der Waals surface area contributed by atoms with Crippen LogP contribution in [0.2, 0.25) is 0 Å². The molecule has 1 aliphatic heterocycles. The Morgan fingerprint density at radius 2 is 2.47 bits per heavy atom. The van der Waals surface area contributed by atoms with Gasteiger partial charge in [-0.1, -0.05) is 5.92 Å². The molecule has 0 spiro atoms. The molecule has 1 heterocycles. The predicted octanol–water partition coefficient (Wildman–Crippen LogP) is -0.560. The van der Waals surface area contributed by atoms with Gasteiger partial charge in [-0.15, -0.1) is 6.42 Å². The van der Waals surface area contributed by atoms with Gasteiger partial charge < -0.3 is 10.4 Å². The molecule has 4 heteroatoms. The second-order valence-corrected chi connectivity index (χ2v) is 3.88. The summed E-state index contributed by atoms with van der Waals surface area (Å²) >= 11 is 0. The first-order valence-corrected chi connectivity index (χ1v) is 5.29. The summed E-state index contributed by atoms with van der Waals surface area (Å²) in [5.74, 6) is 2.89. The molecule has 15 heavy (non-hydrogen) atoms. The summed E-state index contributed by atoms with van der Waals surface area (Å²) in [6.45, 7) is 2.80. The van der Waals surface area contributed by atoms with Crippen LogP contribution in [0.15, 0.2) is 0 Å². The summed E-state index contributed by atoms with van der Waals surface area (Å²) in [4.78, 5) is 13.4. The fourth-order valence-electron chi connectivity index (χ4n) is 1.88. The fourth-order valence-corrected chi connectivity index (χ4v) is 1.88. The van der Waals surface area contributed by atoms with Crippen LogP contribution in [-0.4, -0.2) is 48.7 Å². The minimum Gasteiger partial charge on any atom is -0.396 e. The number of aliphatic hydroxyl groups is 1. The first kappa shape index (κ1) is 12.0. The smallest absolute Gasteiger partial charge is 0.234 e. The minimum atomic E-state index is -0.0161. The van der Waals surface area contributed by atoms with Crippen LogP contribution in [0.3, 0.4) is 0 Å². The van der Waals surface area contributed by atoms with Crippen molar-refractivity contribution in [3.63, 3.8) is 0 Å². The molecule has 1 amide bonds. The van der Waals surface area contributed by atoms with Crippen LogP contribution in [0.1, 0.15) is 12.8 Å². The van der Waals surface area contributed by atoms with Crippen molar-refractivity contribution < 1.29 is 9.90 Å². The number of aliphatic hydroxyl groups excluding tert-OH is 1. The molecule has 0 bridgehead atoms. The van der Waals surface area contributed by atoms with Crippen LogP contribution in [0, 0.1) is 18.3 Å². The molecule has 1 atom stereocenters. The Bertz CT molecular complexity index is 247. The van der Waals surface area contributed by atoms with Crippen LogP contribution < -0.4 is 5.32 Å². The third-order valence-corrected chi connectivity index (χ3v) is 2.66. The van der Waals surface area contributed by atoms with Crippen LogP contribution in [0.5, 0.6) is 0 Å². The van der Waals surface area contributed by atoms with Crippen molar-refractivity contribution in [1.29, 1.82) is 0 Å². The van der Waals surface area contributed by atoms with Gasteiger partial charge in [0.1, 0.15) is 0 Å². The second kappa shape index (κ2) is 6.44. The van der Waals surface area contributed by atoms with E-state index in [1.165, 1.54) is 0 Å². The van der Waals surface area contributed by atoms with Crippen molar-refractivity contribution in [2.24, 2.45) is 5.92 Å². The molecule has 0 saturated carbocycles. The van der Waals surface area contributed by atoms with Crippen LogP contribution in [0.4, 0.5) is 0 Å². The van der Waals surface area contributed by atoms with Gasteiger partial charge in [-0.3, -0.25) is 9.69 Å². The average Bonchev–Trinajstić information content (AvgIpc) is 2.63. The van der Waals surface area contributed by atoms with E-state index in [9.17, 15) is 4.79 Å². The van der Waals surface area contributed by atoms with Gasteiger partial charge in [0.05, 0.1) is 13.1 Å². The zero-order valence-corrected chi connectivity index (χ0v) is 8.91. The zero-order chi connectivity index (χ0) is 11.1. The number of carbonyl (C=O) groups is 1. The number of hydrogen-bond donors (Lipinski definition) is 2. The van der Waals surface area contributed by atoms with Gasteiger partial charge in [0.2, 0.25) is 5.91 Å². The van der Waals surface area contributed by atoms with Gasteiger partial charge in [0, 0.05) is 13.2 Å². The quantitative estimate of drug-likeness (QED) is 0.598. The minimum absolute atomic E-state index is 0.0161. The van der Waals surface area contributed by atoms with E-state index in [2.05, 4.69) is 16.1 Å². The van der Waals surface area contributed by atoms with E-state index in [0.717, 1.165) is 25.9 Å². The molecule has 84 valence electrons. The number of likely N-dealkylation sites (tertiary alicyclic amines) is 1. The Morgan fingerprint density at radius 3 is 3.13 bits per heavy atom. The molecule has 1 aliphatic rings. The van der Waals surface area contributed by atoms with Crippen molar-refractivity contribution >= 4 is 5.91 Å². The van der Waals surface area contributed by atoms with Gasteiger partial charge in [-0.05, 0) is 25.3 Å². The number of nitrogens with zero attached hydrogens (tertiary/aromatic N) is 1. The van der Waals surface area contributed by atoms with E-state index in [-0.39, 0.29) is 12.5 Å². The first-order chi connectivity index (χ1) is 7.26. The molecule has 1 unspecified atom stereocenters. The molecule has 0 aromatic rings. The number of terminal acetylenes is 1. The summed E-state index contributed by atoms with van der Waals surface area (Å²) in [5, 5.41) is 11.4. The number of nitrogens with one attached hydrogen (secondary N) is 1. The molecular formula is C11H18N2O2. The molecule has 4 nitrogen and oxygen atoms in total. The van der Waals surface area contributed by atoms with Gasteiger partial charge in [0.25, 0.3) is 0 Å². The second-order valence-electron chi connectivity index (χ2n) is 3.88. The maximum Gasteiger partial charge on any atom is 0.234 e. The Labute approximate surface area is 90.6 Å². The average molecular weight is 210 g/mol. The Morgan fingerprint density at radius 1 is 1.67 bits per heavy atom. The molecule has 1 rings (SSSR count). The third-order valence-electron chi connectivity index (χ3n) is 2.66. The summed E-state index contributed by atoms with van der Waals surface area (Å²) in [5.41, 5.74) is 0. The molecule has 0 radical (unpaired) electrons. The Hall–Kier alpha value is -1.05. The van der Waals surface area contributed by atoms with E-state index >= 15 is 0 Å². The highest BCUT2D eigenvalue weighted by atomic mass is 16.3. The molecular weight excluding hydrogens is 192 g/mol. The number of rotatable bonds is 5. The van der Waals surface area contributed by atoms with E-state index in [4.69, 9.17) is 11.5 Å². The first-order valence-electron chi connectivity index (χ1n) is 5.29. The van der Waals surface area contributed by atoms with E-state index in [0.29, 0.717) is 19.0 Å². The van der Waals surface area contributed by atoms with Crippen molar-refractivity contribution in [3.8, 4) is 12.3 Å². The third kappa shape index (κ3) is 4.32. The Kier molecular flexibility index (Phi) is 5.16. The van der Waals surface area contributed by atoms with Gasteiger partial charge >= 0.3 is 0 Å². The topological polar surface area (TPSA) is 52.6 Å². The molecule has 2 N–H and O–H groups in total. The largest absolute Gasteiger partial charge is 0.396 e. The lowest BCUT2D eigenvalue weighted by atomic mass is 10.1. The highest BCUT2D eigenvalue weighted by Gasteiger charge is 2.23. The highest BCUT2D eigenvalue weighted by molar-refractivity contribution is 5.78. The lowest BCUT2D eigenvalue weighted by Crippen LogP contribution is -2.36. The monoisotopic (exact) mass is 210 g/mol. The van der Waals surface area contributed by atoms with Crippen molar-refractivity contribution in [2.75, 3.05) is 32.8 Å². The summed E-state index contributed by atoms with van der Waals surface area (Å²) in [6.07, 6.45) is 6.95. The van der Waals surface area contributed by atoms with Crippen molar-refractivity contribution in [2.45, 2.75) is 12.8 Å². The van der Waals surface area contributed by atoms with Gasteiger partial charge in [-0.2, -0.15) is 0 Å². The van der Waals surface area contributed by atoms with E-state index in [1.807, 2.05) is 0 Å². The number of amides is 1. The summed E-state index contributed by atoms with van der Waals surface area (Å²) < 4.78 is 0. The summed E-state index contributed by atoms with van der Waals surface area (Å²) in [7, 11) is 0. The predicted molar refractivity (Wildman–Crippen MR) is 58.1 cm³/mol. The van der Waals surface area contributed by atoms with Crippen molar-refractivity contribution in [3.05, 3.63) is 0 Å². The number of hydrogen-bond acceptors (Lipinski definition) is 3. The maximum absolute atomic E-state index is 11.3. The molecule has 0 aromatic carbocycles. The lowest BCUT2D eigenvalue weighted by molar-refractivity contribution is -0.121. The standard InChI is InChI=1S/C11H18N2O2/c1-2-5-12-11(15)9-13-6-3-10(8-13)4-7-14/h1,10,14H,3-9H2,(H,12,15). The normalized spacial score (nSPS) is 21.2. The van der Waals surface area contributed by atoms with Crippen LogP contribution in [-0.2, 0) is 4.79 Å². The maximum atomic E-state index is 11.3. The summed E-state index contributed by atoms with van der Waals surface area (Å²) in [6, 6.07) is 0.